The Labute approximate surface area is 216 Å². The summed E-state index contributed by atoms with van der Waals surface area (Å²) in [5.74, 6) is -0.996. The first kappa shape index (κ1) is 28.2. The second kappa shape index (κ2) is 10.5. The summed E-state index contributed by atoms with van der Waals surface area (Å²) in [6.45, 7) is 22.8. The summed E-state index contributed by atoms with van der Waals surface area (Å²) in [6.07, 6.45) is 3.66. The van der Waals surface area contributed by atoms with Crippen molar-refractivity contribution in [3.05, 3.63) is 36.6 Å². The van der Waals surface area contributed by atoms with Crippen molar-refractivity contribution in [1.29, 1.82) is 0 Å². The van der Waals surface area contributed by atoms with Gasteiger partial charge in [0.2, 0.25) is 5.91 Å². The van der Waals surface area contributed by atoms with Crippen molar-refractivity contribution < 1.29 is 28.3 Å². The molecule has 0 spiro atoms. The molecular weight excluding hydrogens is 476 g/mol. The molecule has 0 aromatic heterocycles. The third-order valence-electron chi connectivity index (χ3n) is 8.32. The highest BCUT2D eigenvalue weighted by Gasteiger charge is 2.59. The molecule has 36 heavy (non-hydrogen) atoms. The summed E-state index contributed by atoms with van der Waals surface area (Å²) in [6, 6.07) is -0.319. The fourth-order valence-electron chi connectivity index (χ4n) is 5.40. The second-order valence-corrected chi connectivity index (χ2v) is 16.3. The van der Waals surface area contributed by atoms with Gasteiger partial charge in [-0.15, -0.1) is 0 Å². The minimum atomic E-state index is -2.08. The highest BCUT2D eigenvalue weighted by molar-refractivity contribution is 6.74. The molecule has 0 N–H and O–H groups in total. The maximum absolute atomic E-state index is 13.4. The third kappa shape index (κ3) is 5.05. The number of esters is 1. The van der Waals surface area contributed by atoms with Gasteiger partial charge >= 0.3 is 12.1 Å². The van der Waals surface area contributed by atoms with E-state index in [4.69, 9.17) is 13.9 Å². The number of fused-ring (bicyclic) bond motifs is 1. The van der Waals surface area contributed by atoms with Crippen LogP contribution in [-0.4, -0.2) is 74.0 Å². The predicted octanol–water partition coefficient (Wildman–Crippen LogP) is 4.64. The number of amides is 2. The zero-order chi connectivity index (χ0) is 27.0. The average Bonchev–Trinajstić information content (AvgIpc) is 3.32. The van der Waals surface area contributed by atoms with E-state index in [1.165, 1.54) is 12.2 Å². The van der Waals surface area contributed by atoms with Gasteiger partial charge in [0.15, 0.2) is 8.32 Å². The molecular formula is C27H42N2O6Si. The lowest BCUT2D eigenvalue weighted by Crippen LogP contribution is -2.63. The summed E-state index contributed by atoms with van der Waals surface area (Å²) in [5, 5.41) is 0.0232. The Hall–Kier alpha value is -2.39. The van der Waals surface area contributed by atoms with E-state index < -0.39 is 20.4 Å². The largest absolute Gasteiger partial charge is 0.457 e. The number of carbonyl (C=O) groups excluding carboxylic acids is 3. The predicted molar refractivity (Wildman–Crippen MR) is 140 cm³/mol. The lowest BCUT2D eigenvalue weighted by Gasteiger charge is -2.49. The van der Waals surface area contributed by atoms with E-state index in [0.717, 1.165) is 5.57 Å². The van der Waals surface area contributed by atoms with Crippen LogP contribution < -0.4 is 0 Å². The molecule has 3 aliphatic heterocycles. The second-order valence-electron chi connectivity index (χ2n) is 11.5. The normalized spacial score (nSPS) is 26.9. The number of hydrogen-bond donors (Lipinski definition) is 0. The Kier molecular flexibility index (Phi) is 8.25. The van der Waals surface area contributed by atoms with E-state index in [2.05, 4.69) is 47.0 Å². The smallest absolute Gasteiger partial charge is 0.410 e. The van der Waals surface area contributed by atoms with Crippen LogP contribution in [-0.2, 0) is 23.5 Å². The molecule has 0 saturated carbocycles. The molecule has 0 radical (unpaired) electrons. The number of nitrogens with zero attached hydrogens (tertiary/aromatic N) is 2. The van der Waals surface area contributed by atoms with Crippen molar-refractivity contribution in [2.75, 3.05) is 19.8 Å². The molecule has 2 saturated heterocycles. The maximum Gasteiger partial charge on any atom is 0.410 e. The van der Waals surface area contributed by atoms with Crippen molar-refractivity contribution in [2.45, 2.75) is 83.8 Å². The first-order valence-electron chi connectivity index (χ1n) is 12.8. The van der Waals surface area contributed by atoms with Gasteiger partial charge in [-0.05, 0) is 50.4 Å². The zero-order valence-corrected chi connectivity index (χ0v) is 23.8. The molecule has 2 amide bonds. The van der Waals surface area contributed by atoms with E-state index in [0.29, 0.717) is 25.1 Å². The molecule has 9 heteroatoms. The van der Waals surface area contributed by atoms with Crippen LogP contribution in [0.25, 0.3) is 0 Å². The van der Waals surface area contributed by atoms with Crippen LogP contribution in [0.5, 0.6) is 0 Å². The molecule has 200 valence electrons. The van der Waals surface area contributed by atoms with Crippen LogP contribution in [0, 0.1) is 11.8 Å². The standard InChI is InChI=1S/C27H42N2O6Si/c1-10-14-33-25(31)23-20(19-12-13-28(17(19)3)26(32)34-15-11-2)16-21-22(24(30)29(21)23)18(4)35-36(8,9)27(5,6)7/h10-11,17-19,21-22H,1-2,12-16H2,3-9H3/t17?,18-,19?,21-,22-/m1/s1. The Morgan fingerprint density at radius 3 is 2.36 bits per heavy atom. The van der Waals surface area contributed by atoms with E-state index >= 15 is 0 Å². The van der Waals surface area contributed by atoms with Crippen molar-refractivity contribution in [2.24, 2.45) is 11.8 Å². The van der Waals surface area contributed by atoms with Crippen LogP contribution in [0.15, 0.2) is 36.6 Å². The molecule has 2 unspecified atom stereocenters. The molecule has 3 heterocycles. The van der Waals surface area contributed by atoms with Crippen LogP contribution in [0.1, 0.15) is 47.5 Å². The molecule has 3 rings (SSSR count). The summed E-state index contributed by atoms with van der Waals surface area (Å²) in [7, 11) is -2.08. The van der Waals surface area contributed by atoms with Gasteiger partial charge in [-0.2, -0.15) is 0 Å². The number of carbonyl (C=O) groups is 3. The average molecular weight is 519 g/mol. The molecule has 5 atom stereocenters. The minimum Gasteiger partial charge on any atom is -0.457 e. The van der Waals surface area contributed by atoms with E-state index in [1.807, 2.05) is 13.8 Å². The number of hydrogen-bond acceptors (Lipinski definition) is 6. The first-order chi connectivity index (χ1) is 16.8. The topological polar surface area (TPSA) is 85.4 Å². The molecule has 0 aliphatic carbocycles. The maximum atomic E-state index is 13.4. The number of likely N-dealkylation sites (tertiary alicyclic amines) is 1. The number of β-lactam (4-membered cyclic amide) rings is 1. The van der Waals surface area contributed by atoms with Crippen LogP contribution in [0.2, 0.25) is 18.1 Å². The summed E-state index contributed by atoms with van der Waals surface area (Å²) < 4.78 is 17.2. The number of rotatable bonds is 9. The van der Waals surface area contributed by atoms with Crippen molar-refractivity contribution in [3.63, 3.8) is 0 Å². The highest BCUT2D eigenvalue weighted by atomic mass is 28.4. The first-order valence-corrected chi connectivity index (χ1v) is 15.7. The lowest BCUT2D eigenvalue weighted by atomic mass is 9.81. The Balaban J connectivity index is 1.85. The van der Waals surface area contributed by atoms with Gasteiger partial charge in [-0.3, -0.25) is 4.79 Å². The third-order valence-corrected chi connectivity index (χ3v) is 12.9. The van der Waals surface area contributed by atoms with Crippen molar-refractivity contribution in [3.8, 4) is 0 Å². The summed E-state index contributed by atoms with van der Waals surface area (Å²) in [5.41, 5.74) is 1.22. The van der Waals surface area contributed by atoms with E-state index in [9.17, 15) is 14.4 Å². The van der Waals surface area contributed by atoms with Crippen LogP contribution >= 0.6 is 0 Å². The SMILES string of the molecule is C=CCOC(=O)C1=C(C2CCN(C(=O)OCC=C)C2C)C[C@@H]2[C@@H]([C@@H](C)O[Si](C)(C)C(C)(C)C)C(=O)N12. The quantitative estimate of drug-likeness (QED) is 0.191. The number of ether oxygens (including phenoxy) is 2. The molecule has 8 nitrogen and oxygen atoms in total. The summed E-state index contributed by atoms with van der Waals surface area (Å²) in [4.78, 5) is 42.4. The molecule has 2 fully saturated rings. The highest BCUT2D eigenvalue weighted by Crippen LogP contribution is 2.50. The monoisotopic (exact) mass is 518 g/mol. The molecule has 0 aromatic carbocycles. The van der Waals surface area contributed by atoms with Gasteiger partial charge in [-0.25, -0.2) is 9.59 Å². The Morgan fingerprint density at radius 2 is 1.78 bits per heavy atom. The van der Waals surface area contributed by atoms with E-state index in [-0.39, 0.29) is 54.2 Å². The van der Waals surface area contributed by atoms with Gasteiger partial charge in [0.1, 0.15) is 18.9 Å². The fourth-order valence-corrected chi connectivity index (χ4v) is 6.83. The Bertz CT molecular complexity index is 952. The minimum absolute atomic E-state index is 0.0232. The van der Waals surface area contributed by atoms with E-state index in [1.54, 1.807) is 9.80 Å². The Morgan fingerprint density at radius 1 is 1.17 bits per heavy atom. The molecule has 3 aliphatic rings. The van der Waals surface area contributed by atoms with Crippen LogP contribution in [0.3, 0.4) is 0 Å². The van der Waals surface area contributed by atoms with Crippen molar-refractivity contribution >= 4 is 26.3 Å². The van der Waals surface area contributed by atoms with Crippen LogP contribution in [0.4, 0.5) is 4.79 Å². The summed E-state index contributed by atoms with van der Waals surface area (Å²) >= 11 is 0. The fraction of sp³-hybridized carbons (Fsp3) is 0.667. The van der Waals surface area contributed by atoms with Gasteiger partial charge in [0.05, 0.1) is 18.1 Å². The van der Waals surface area contributed by atoms with Crippen molar-refractivity contribution in [1.82, 2.24) is 9.80 Å². The van der Waals surface area contributed by atoms with Gasteiger partial charge < -0.3 is 23.7 Å². The van der Waals surface area contributed by atoms with Gasteiger partial charge in [0.25, 0.3) is 0 Å². The molecule has 0 bridgehead atoms. The molecule has 0 aromatic rings. The van der Waals surface area contributed by atoms with Gasteiger partial charge in [-0.1, -0.05) is 46.1 Å². The lowest BCUT2D eigenvalue weighted by molar-refractivity contribution is -0.161. The van der Waals surface area contributed by atoms with Gasteiger partial charge in [0, 0.05) is 18.5 Å². The zero-order valence-electron chi connectivity index (χ0n) is 22.8.